The van der Waals surface area contributed by atoms with E-state index in [1.54, 1.807) is 0 Å². The largest absolute Gasteiger partial charge is 0.452 e. The van der Waals surface area contributed by atoms with E-state index in [9.17, 15) is 19.2 Å². The quantitative estimate of drug-likeness (QED) is 0.585. The van der Waals surface area contributed by atoms with Crippen LogP contribution in [0, 0.1) is 11.8 Å². The van der Waals surface area contributed by atoms with Crippen molar-refractivity contribution >= 4 is 23.8 Å². The maximum Gasteiger partial charge on any atom is 0.338 e. The molecule has 0 aliphatic rings. The first-order chi connectivity index (χ1) is 13.2. The topological polar surface area (TPSA) is 111 Å². The molecular formula is C20H28N2O6. The fraction of sp³-hybridized carbons (Fsp3) is 0.500. The van der Waals surface area contributed by atoms with Crippen molar-refractivity contribution in [2.75, 3.05) is 26.3 Å². The van der Waals surface area contributed by atoms with Crippen LogP contribution in [-0.2, 0) is 19.1 Å². The van der Waals surface area contributed by atoms with Crippen molar-refractivity contribution < 1.29 is 28.7 Å². The summed E-state index contributed by atoms with van der Waals surface area (Å²) in [4.78, 5) is 47.0. The molecule has 0 spiro atoms. The van der Waals surface area contributed by atoms with Crippen molar-refractivity contribution in [3.63, 3.8) is 0 Å². The van der Waals surface area contributed by atoms with Gasteiger partial charge in [-0.2, -0.15) is 0 Å². The fourth-order valence-corrected chi connectivity index (χ4v) is 1.91. The van der Waals surface area contributed by atoms with Gasteiger partial charge >= 0.3 is 11.9 Å². The van der Waals surface area contributed by atoms with Crippen molar-refractivity contribution in [3.8, 4) is 0 Å². The molecule has 0 bridgehead atoms. The minimum atomic E-state index is -0.673. The summed E-state index contributed by atoms with van der Waals surface area (Å²) in [5.74, 6) is -1.50. The van der Waals surface area contributed by atoms with Crippen LogP contribution in [-0.4, -0.2) is 50.1 Å². The minimum Gasteiger partial charge on any atom is -0.452 e. The maximum absolute atomic E-state index is 11.9. The van der Waals surface area contributed by atoms with Crippen LogP contribution in [0.3, 0.4) is 0 Å². The molecule has 8 heteroatoms. The van der Waals surface area contributed by atoms with Gasteiger partial charge in [-0.05, 0) is 36.1 Å². The molecule has 0 saturated carbocycles. The van der Waals surface area contributed by atoms with Crippen LogP contribution in [0.25, 0.3) is 0 Å². The number of rotatable bonds is 10. The number of carbonyl (C=O) groups is 4. The van der Waals surface area contributed by atoms with Crippen LogP contribution in [0.5, 0.6) is 0 Å². The molecule has 2 N–H and O–H groups in total. The molecule has 0 atom stereocenters. The van der Waals surface area contributed by atoms with E-state index in [0.717, 1.165) is 0 Å². The Labute approximate surface area is 165 Å². The molecular weight excluding hydrogens is 364 g/mol. The summed E-state index contributed by atoms with van der Waals surface area (Å²) in [6.07, 6.45) is 0. The first-order valence-corrected chi connectivity index (χ1v) is 9.16. The van der Waals surface area contributed by atoms with Crippen LogP contribution >= 0.6 is 0 Å². The third-order valence-corrected chi connectivity index (χ3v) is 3.44. The van der Waals surface area contributed by atoms with E-state index in [1.165, 1.54) is 24.3 Å². The summed E-state index contributed by atoms with van der Waals surface area (Å²) in [5, 5.41) is 5.28. The van der Waals surface area contributed by atoms with E-state index < -0.39 is 11.9 Å². The molecule has 8 nitrogen and oxygen atoms in total. The van der Waals surface area contributed by atoms with Gasteiger partial charge in [0.2, 0.25) is 0 Å². The van der Waals surface area contributed by atoms with Crippen molar-refractivity contribution in [2.45, 2.75) is 27.7 Å². The van der Waals surface area contributed by atoms with E-state index in [1.807, 2.05) is 27.7 Å². The zero-order valence-corrected chi connectivity index (χ0v) is 16.7. The number of ether oxygens (including phenoxy) is 2. The number of benzene rings is 1. The first-order valence-electron chi connectivity index (χ1n) is 9.16. The molecule has 0 unspecified atom stereocenters. The zero-order valence-electron chi connectivity index (χ0n) is 16.7. The van der Waals surface area contributed by atoms with Gasteiger partial charge in [-0.25, -0.2) is 9.59 Å². The number of nitrogens with one attached hydrogen (secondary N) is 2. The normalized spacial score (nSPS) is 10.5. The van der Waals surface area contributed by atoms with Gasteiger partial charge in [-0.15, -0.1) is 0 Å². The lowest BCUT2D eigenvalue weighted by Gasteiger charge is -2.09. The second-order valence-electron chi connectivity index (χ2n) is 7.13. The summed E-state index contributed by atoms with van der Waals surface area (Å²) in [6.45, 7) is 8.08. The van der Waals surface area contributed by atoms with Crippen molar-refractivity contribution in [3.05, 3.63) is 35.4 Å². The molecule has 0 aromatic heterocycles. The van der Waals surface area contributed by atoms with Gasteiger partial charge in [0.1, 0.15) is 0 Å². The predicted molar refractivity (Wildman–Crippen MR) is 103 cm³/mol. The molecule has 1 rings (SSSR count). The molecule has 28 heavy (non-hydrogen) atoms. The predicted octanol–water partition coefficient (Wildman–Crippen LogP) is 1.54. The lowest BCUT2D eigenvalue weighted by atomic mass is 10.1. The van der Waals surface area contributed by atoms with Gasteiger partial charge < -0.3 is 20.1 Å². The second-order valence-corrected chi connectivity index (χ2v) is 7.13. The third kappa shape index (κ3) is 9.16. The van der Waals surface area contributed by atoms with Gasteiger partial charge in [0.15, 0.2) is 13.2 Å². The van der Waals surface area contributed by atoms with E-state index in [2.05, 4.69) is 10.6 Å². The van der Waals surface area contributed by atoms with Gasteiger partial charge in [0, 0.05) is 13.1 Å². The molecule has 0 aliphatic carbocycles. The summed E-state index contributed by atoms with van der Waals surface area (Å²) in [5.41, 5.74) is 0.394. The lowest BCUT2D eigenvalue weighted by Crippen LogP contribution is -2.31. The summed E-state index contributed by atoms with van der Waals surface area (Å²) in [7, 11) is 0. The molecule has 0 radical (unpaired) electrons. The Balaban J connectivity index is 2.45. The highest BCUT2D eigenvalue weighted by Gasteiger charge is 2.14. The Bertz CT molecular complexity index is 623. The summed E-state index contributed by atoms with van der Waals surface area (Å²) < 4.78 is 9.86. The highest BCUT2D eigenvalue weighted by Crippen LogP contribution is 2.07. The Morgan fingerprint density at radius 3 is 1.32 bits per heavy atom. The fourth-order valence-electron chi connectivity index (χ4n) is 1.91. The molecule has 1 aromatic carbocycles. The SMILES string of the molecule is CC(C)CNC(=O)COC(=O)c1ccc(C(=O)OCC(=O)NCC(C)C)cc1. The average molecular weight is 392 g/mol. The number of carbonyl (C=O) groups excluding carboxylic acids is 4. The first kappa shape index (κ1) is 23.1. The minimum absolute atomic E-state index is 0.197. The van der Waals surface area contributed by atoms with Crippen molar-refractivity contribution in [2.24, 2.45) is 11.8 Å². The number of amides is 2. The van der Waals surface area contributed by atoms with Crippen LogP contribution in [0.15, 0.2) is 24.3 Å². The Morgan fingerprint density at radius 1 is 0.714 bits per heavy atom. The number of hydrogen-bond acceptors (Lipinski definition) is 6. The molecule has 0 heterocycles. The van der Waals surface area contributed by atoms with Crippen molar-refractivity contribution in [1.29, 1.82) is 0 Å². The van der Waals surface area contributed by atoms with E-state index >= 15 is 0 Å². The molecule has 0 aliphatic heterocycles. The van der Waals surface area contributed by atoms with Gasteiger partial charge in [0.05, 0.1) is 11.1 Å². The third-order valence-electron chi connectivity index (χ3n) is 3.44. The maximum atomic E-state index is 11.9. The van der Waals surface area contributed by atoms with E-state index in [4.69, 9.17) is 9.47 Å². The molecule has 0 fully saturated rings. The smallest absolute Gasteiger partial charge is 0.338 e. The number of hydrogen-bond donors (Lipinski definition) is 2. The summed E-state index contributed by atoms with van der Waals surface area (Å²) >= 11 is 0. The number of esters is 2. The standard InChI is InChI=1S/C20H28N2O6/c1-13(2)9-21-17(23)11-27-19(25)15-5-7-16(8-6-15)20(26)28-12-18(24)22-10-14(3)4/h5-8,13-14H,9-12H2,1-4H3,(H,21,23)(H,22,24). The van der Waals surface area contributed by atoms with E-state index in [0.29, 0.717) is 24.9 Å². The lowest BCUT2D eigenvalue weighted by molar-refractivity contribution is -0.125. The van der Waals surface area contributed by atoms with Gasteiger partial charge in [-0.3, -0.25) is 9.59 Å². The Hall–Kier alpha value is -2.90. The Morgan fingerprint density at radius 2 is 1.04 bits per heavy atom. The highest BCUT2D eigenvalue weighted by atomic mass is 16.5. The van der Waals surface area contributed by atoms with E-state index in [-0.39, 0.29) is 36.2 Å². The van der Waals surface area contributed by atoms with Crippen LogP contribution in [0.1, 0.15) is 48.4 Å². The Kier molecular flexibility index (Phi) is 9.70. The molecule has 154 valence electrons. The average Bonchev–Trinajstić information content (AvgIpc) is 2.66. The zero-order chi connectivity index (χ0) is 21.1. The summed E-state index contributed by atoms with van der Waals surface area (Å²) in [6, 6.07) is 5.57. The van der Waals surface area contributed by atoms with Gasteiger partial charge in [-0.1, -0.05) is 27.7 Å². The van der Waals surface area contributed by atoms with Crippen LogP contribution < -0.4 is 10.6 Å². The van der Waals surface area contributed by atoms with Crippen LogP contribution in [0.4, 0.5) is 0 Å². The highest BCUT2D eigenvalue weighted by molar-refractivity contribution is 5.94. The monoisotopic (exact) mass is 392 g/mol. The van der Waals surface area contributed by atoms with Gasteiger partial charge in [0.25, 0.3) is 11.8 Å². The molecule has 0 saturated heterocycles. The van der Waals surface area contributed by atoms with Crippen LogP contribution in [0.2, 0.25) is 0 Å². The second kappa shape index (κ2) is 11.7. The molecule has 1 aromatic rings. The van der Waals surface area contributed by atoms with Crippen molar-refractivity contribution in [1.82, 2.24) is 10.6 Å². The molecule has 2 amide bonds.